The van der Waals surface area contributed by atoms with Crippen LogP contribution in [0, 0.1) is 23.7 Å². The second-order valence-electron chi connectivity index (χ2n) is 8.79. The molecule has 0 unspecified atom stereocenters. The van der Waals surface area contributed by atoms with Crippen molar-refractivity contribution >= 4 is 11.8 Å². The lowest BCUT2D eigenvalue weighted by atomic mass is 9.88. The van der Waals surface area contributed by atoms with Crippen molar-refractivity contribution in [3.8, 4) is 17.6 Å². The summed E-state index contributed by atoms with van der Waals surface area (Å²) >= 11 is 0. The predicted molar refractivity (Wildman–Crippen MR) is 122 cm³/mol. The topological polar surface area (TPSA) is 93.1 Å². The van der Waals surface area contributed by atoms with E-state index < -0.39 is 17.6 Å². The number of hydrogen-bond donors (Lipinski definition) is 2. The summed E-state index contributed by atoms with van der Waals surface area (Å²) in [7, 11) is 3.01. The first-order chi connectivity index (χ1) is 15.3. The van der Waals surface area contributed by atoms with Crippen molar-refractivity contribution in [1.29, 1.82) is 0 Å². The normalized spacial score (nSPS) is 22.0. The first kappa shape index (κ1) is 25.9. The van der Waals surface area contributed by atoms with Crippen molar-refractivity contribution in [2.75, 3.05) is 14.2 Å². The maximum Gasteiger partial charge on any atom is 0.305 e. The molecule has 1 aromatic rings. The summed E-state index contributed by atoms with van der Waals surface area (Å²) in [6, 6.07) is 7.69. The van der Waals surface area contributed by atoms with E-state index >= 15 is 0 Å². The van der Waals surface area contributed by atoms with Gasteiger partial charge in [-0.2, -0.15) is 0 Å². The molecule has 0 spiro atoms. The molecule has 4 atom stereocenters. The number of ether oxygens (including phenoxy) is 2. The largest absolute Gasteiger partial charge is 0.497 e. The number of carbonyl (C=O) groups is 2. The van der Waals surface area contributed by atoms with Crippen LogP contribution in [-0.4, -0.2) is 47.9 Å². The number of esters is 1. The lowest BCUT2D eigenvalue weighted by Crippen LogP contribution is -2.25. The molecule has 0 bridgehead atoms. The third-order valence-electron chi connectivity index (χ3n) is 6.11. The van der Waals surface area contributed by atoms with Gasteiger partial charge < -0.3 is 19.7 Å². The van der Waals surface area contributed by atoms with Crippen LogP contribution in [0.5, 0.6) is 5.75 Å². The highest BCUT2D eigenvalue weighted by Gasteiger charge is 2.40. The van der Waals surface area contributed by atoms with E-state index in [0.717, 1.165) is 37.0 Å². The molecule has 6 heteroatoms. The van der Waals surface area contributed by atoms with Gasteiger partial charge in [0.1, 0.15) is 17.1 Å². The van der Waals surface area contributed by atoms with Crippen molar-refractivity contribution < 1.29 is 29.3 Å². The summed E-state index contributed by atoms with van der Waals surface area (Å²) in [5.74, 6) is 5.85. The summed E-state index contributed by atoms with van der Waals surface area (Å²) in [6.07, 6.45) is 4.97. The van der Waals surface area contributed by atoms with E-state index in [9.17, 15) is 19.8 Å². The van der Waals surface area contributed by atoms with Crippen molar-refractivity contribution in [3.05, 3.63) is 29.8 Å². The van der Waals surface area contributed by atoms with E-state index in [4.69, 9.17) is 4.74 Å². The zero-order valence-corrected chi connectivity index (χ0v) is 19.4. The zero-order valence-electron chi connectivity index (χ0n) is 19.4. The molecule has 1 aromatic carbocycles. The maximum atomic E-state index is 12.4. The van der Waals surface area contributed by atoms with E-state index in [2.05, 4.69) is 16.6 Å². The van der Waals surface area contributed by atoms with Crippen LogP contribution in [0.4, 0.5) is 0 Å². The average molecular weight is 445 g/mol. The second-order valence-corrected chi connectivity index (χ2v) is 8.79. The molecule has 2 N–H and O–H groups in total. The summed E-state index contributed by atoms with van der Waals surface area (Å²) in [5, 5.41) is 21.1. The lowest BCUT2D eigenvalue weighted by molar-refractivity contribution is -0.140. The van der Waals surface area contributed by atoms with Gasteiger partial charge in [0.15, 0.2) is 0 Å². The fraction of sp³-hybridized carbons (Fsp3) is 0.615. The van der Waals surface area contributed by atoms with E-state index in [-0.39, 0.29) is 24.1 Å². The van der Waals surface area contributed by atoms with Gasteiger partial charge in [-0.25, -0.2) is 0 Å². The highest BCUT2D eigenvalue weighted by atomic mass is 16.5. The molecule has 0 radical (unpaired) electrons. The molecule has 0 heterocycles. The van der Waals surface area contributed by atoms with Gasteiger partial charge in [0.2, 0.25) is 0 Å². The highest BCUT2D eigenvalue weighted by molar-refractivity contribution is 5.85. The SMILES string of the molecule is COC(=O)CCCCCC[C@@H]1C(=O)C[C@H](O)[C@@H]1C#C[C@@](C)(O)CCc1ccc(OC)cc1. The van der Waals surface area contributed by atoms with E-state index in [0.29, 0.717) is 25.7 Å². The van der Waals surface area contributed by atoms with Crippen LogP contribution in [0.3, 0.4) is 0 Å². The van der Waals surface area contributed by atoms with E-state index in [1.165, 1.54) is 7.11 Å². The molecule has 0 aliphatic heterocycles. The number of benzene rings is 1. The Morgan fingerprint density at radius 1 is 1.16 bits per heavy atom. The van der Waals surface area contributed by atoms with Gasteiger partial charge in [-0.15, -0.1) is 0 Å². The lowest BCUT2D eigenvalue weighted by Gasteiger charge is -2.19. The summed E-state index contributed by atoms with van der Waals surface area (Å²) in [5.41, 5.74) is -0.127. The molecule has 1 saturated carbocycles. The zero-order chi connectivity index (χ0) is 23.6. The monoisotopic (exact) mass is 444 g/mol. The fourth-order valence-electron chi connectivity index (χ4n) is 4.06. The van der Waals surface area contributed by atoms with Gasteiger partial charge in [0.05, 0.1) is 26.2 Å². The van der Waals surface area contributed by atoms with Crippen LogP contribution in [0.25, 0.3) is 0 Å². The minimum Gasteiger partial charge on any atom is -0.497 e. The van der Waals surface area contributed by atoms with Crippen LogP contribution >= 0.6 is 0 Å². The number of aliphatic hydroxyl groups is 2. The molecule has 6 nitrogen and oxygen atoms in total. The van der Waals surface area contributed by atoms with Crippen LogP contribution in [0.15, 0.2) is 24.3 Å². The minimum atomic E-state index is -1.20. The first-order valence-corrected chi connectivity index (χ1v) is 11.4. The predicted octanol–water partition coefficient (Wildman–Crippen LogP) is 3.46. The van der Waals surface area contributed by atoms with Crippen molar-refractivity contribution in [2.45, 2.75) is 76.4 Å². The Morgan fingerprint density at radius 2 is 1.84 bits per heavy atom. The maximum absolute atomic E-state index is 12.4. The minimum absolute atomic E-state index is 0.0456. The number of aryl methyl sites for hydroxylation is 1. The van der Waals surface area contributed by atoms with Crippen LogP contribution in [-0.2, 0) is 20.7 Å². The molecule has 1 aliphatic carbocycles. The Labute approximate surface area is 191 Å². The molecule has 176 valence electrons. The first-order valence-electron chi connectivity index (χ1n) is 11.4. The molecule has 2 rings (SSSR count). The quantitative estimate of drug-likeness (QED) is 0.308. The molecule has 1 aliphatic rings. The number of hydrogen-bond acceptors (Lipinski definition) is 6. The molecular weight excluding hydrogens is 408 g/mol. The Kier molecular flexibility index (Phi) is 10.2. The number of unbranched alkanes of at least 4 members (excludes halogenated alkanes) is 3. The number of rotatable bonds is 11. The van der Waals surface area contributed by atoms with Crippen molar-refractivity contribution in [1.82, 2.24) is 0 Å². The Hall–Kier alpha value is -2.36. The Bertz CT molecular complexity index is 802. The Morgan fingerprint density at radius 3 is 2.50 bits per heavy atom. The summed E-state index contributed by atoms with van der Waals surface area (Å²) in [6.45, 7) is 1.67. The van der Waals surface area contributed by atoms with Crippen LogP contribution in [0.1, 0.15) is 63.9 Å². The summed E-state index contributed by atoms with van der Waals surface area (Å²) in [4.78, 5) is 23.5. The van der Waals surface area contributed by atoms with Gasteiger partial charge in [-0.1, -0.05) is 43.2 Å². The Balaban J connectivity index is 1.86. The second kappa shape index (κ2) is 12.6. The van der Waals surface area contributed by atoms with E-state index in [1.807, 2.05) is 24.3 Å². The number of aliphatic hydroxyl groups excluding tert-OH is 1. The summed E-state index contributed by atoms with van der Waals surface area (Å²) < 4.78 is 9.79. The highest BCUT2D eigenvalue weighted by Crippen LogP contribution is 2.33. The average Bonchev–Trinajstić information content (AvgIpc) is 3.05. The van der Waals surface area contributed by atoms with Gasteiger partial charge in [-0.05, 0) is 50.3 Å². The van der Waals surface area contributed by atoms with Crippen LogP contribution in [0.2, 0.25) is 0 Å². The van der Waals surface area contributed by atoms with Gasteiger partial charge in [-0.3, -0.25) is 9.59 Å². The van der Waals surface area contributed by atoms with Gasteiger partial charge >= 0.3 is 5.97 Å². The fourth-order valence-corrected chi connectivity index (χ4v) is 4.06. The smallest absolute Gasteiger partial charge is 0.305 e. The number of methoxy groups -OCH3 is 2. The van der Waals surface area contributed by atoms with E-state index in [1.54, 1.807) is 14.0 Å². The van der Waals surface area contributed by atoms with Crippen molar-refractivity contribution in [3.63, 3.8) is 0 Å². The third kappa shape index (κ3) is 8.29. The molecule has 0 amide bonds. The van der Waals surface area contributed by atoms with Gasteiger partial charge in [0, 0.05) is 18.8 Å². The standard InChI is InChI=1S/C26H36O6/c1-26(30,16-14-19-10-12-20(31-2)13-11-19)17-15-22-21(23(27)18-24(22)28)8-6-4-5-7-9-25(29)32-3/h10-13,21-22,24,28,30H,4-9,14,16,18H2,1-3H3/t21-,22+,24-,26-/m0/s1. The van der Waals surface area contributed by atoms with Gasteiger partial charge in [0.25, 0.3) is 0 Å². The molecule has 0 aromatic heterocycles. The third-order valence-corrected chi connectivity index (χ3v) is 6.11. The van der Waals surface area contributed by atoms with Crippen LogP contribution < -0.4 is 4.74 Å². The molecular formula is C26H36O6. The van der Waals surface area contributed by atoms with Crippen molar-refractivity contribution in [2.24, 2.45) is 11.8 Å². The number of ketones is 1. The number of Topliss-reactive ketones (excluding diaryl/α,β-unsaturated/α-hetero) is 1. The molecule has 0 saturated heterocycles. The molecule has 32 heavy (non-hydrogen) atoms. The number of carbonyl (C=O) groups excluding carboxylic acids is 2. The molecule has 1 fully saturated rings.